The largest absolute Gasteiger partial charge is 0.384 e. The van der Waals surface area contributed by atoms with Crippen LogP contribution in [-0.2, 0) is 6.54 Å². The maximum atomic E-state index is 6.55. The van der Waals surface area contributed by atoms with Gasteiger partial charge in [0.2, 0.25) is 0 Å². The summed E-state index contributed by atoms with van der Waals surface area (Å²) < 4.78 is 2.37. The molecular weight excluding hydrogens is 258 g/mol. The zero-order valence-electron chi connectivity index (χ0n) is 13.8. The number of aromatic nitrogens is 2. The van der Waals surface area contributed by atoms with Crippen LogP contribution in [0.15, 0.2) is 0 Å². The Kier molecular flexibility index (Phi) is 4.56. The van der Waals surface area contributed by atoms with E-state index in [2.05, 4.69) is 18.4 Å². The van der Waals surface area contributed by atoms with E-state index < -0.39 is 0 Å². The van der Waals surface area contributed by atoms with Gasteiger partial charge in [-0.25, -0.2) is 4.98 Å². The molecule has 0 amide bonds. The number of nitrogen functional groups attached to an aromatic ring is 1. The summed E-state index contributed by atoms with van der Waals surface area (Å²) >= 11 is 0. The number of nitrogens with zero attached hydrogens (tertiary/aromatic N) is 2. The van der Waals surface area contributed by atoms with Gasteiger partial charge in [0.15, 0.2) is 0 Å². The van der Waals surface area contributed by atoms with E-state index >= 15 is 0 Å². The molecule has 2 aliphatic rings. The van der Waals surface area contributed by atoms with Crippen LogP contribution < -0.4 is 5.73 Å². The van der Waals surface area contributed by atoms with Gasteiger partial charge in [0, 0.05) is 18.4 Å². The van der Waals surface area contributed by atoms with Crippen molar-refractivity contribution in [1.29, 1.82) is 0 Å². The average Bonchev–Trinajstić information content (AvgIpc) is 3.09. The molecule has 0 aliphatic heterocycles. The van der Waals surface area contributed by atoms with Crippen molar-refractivity contribution in [2.75, 3.05) is 5.73 Å². The van der Waals surface area contributed by atoms with Crippen molar-refractivity contribution in [1.82, 2.24) is 9.55 Å². The third kappa shape index (κ3) is 3.12. The third-order valence-electron chi connectivity index (χ3n) is 5.32. The van der Waals surface area contributed by atoms with Crippen LogP contribution in [0.3, 0.4) is 0 Å². The Morgan fingerprint density at radius 1 is 1.00 bits per heavy atom. The van der Waals surface area contributed by atoms with E-state index in [0.717, 1.165) is 12.4 Å². The van der Waals surface area contributed by atoms with Crippen molar-refractivity contribution in [2.24, 2.45) is 5.92 Å². The van der Waals surface area contributed by atoms with Crippen LogP contribution in [0.2, 0.25) is 0 Å². The minimum Gasteiger partial charge on any atom is -0.384 e. The van der Waals surface area contributed by atoms with E-state index in [1.54, 1.807) is 0 Å². The van der Waals surface area contributed by atoms with Crippen molar-refractivity contribution in [3.63, 3.8) is 0 Å². The molecule has 0 aromatic carbocycles. The second kappa shape index (κ2) is 6.41. The highest BCUT2D eigenvalue weighted by Gasteiger charge is 2.29. The van der Waals surface area contributed by atoms with Crippen LogP contribution in [0.5, 0.6) is 0 Å². The Bertz CT molecular complexity index is 463. The fourth-order valence-corrected chi connectivity index (χ4v) is 4.23. The van der Waals surface area contributed by atoms with Gasteiger partial charge < -0.3 is 10.3 Å². The number of nitrogens with two attached hydrogens (primary N) is 1. The van der Waals surface area contributed by atoms with Crippen LogP contribution >= 0.6 is 0 Å². The normalized spacial score (nSPS) is 21.5. The lowest BCUT2D eigenvalue weighted by Crippen LogP contribution is -2.14. The zero-order chi connectivity index (χ0) is 14.8. The van der Waals surface area contributed by atoms with Gasteiger partial charge >= 0.3 is 0 Å². The van der Waals surface area contributed by atoms with Crippen LogP contribution in [0, 0.1) is 5.92 Å². The second-order valence-electron chi connectivity index (χ2n) is 7.56. The molecule has 3 rings (SSSR count). The van der Waals surface area contributed by atoms with Crippen LogP contribution in [0.4, 0.5) is 5.82 Å². The second-order valence-corrected chi connectivity index (χ2v) is 7.56. The highest BCUT2D eigenvalue weighted by atomic mass is 15.2. The molecule has 118 valence electrons. The summed E-state index contributed by atoms with van der Waals surface area (Å²) in [5, 5.41) is 0. The van der Waals surface area contributed by atoms with Gasteiger partial charge in [-0.3, -0.25) is 0 Å². The number of hydrogen-bond donors (Lipinski definition) is 1. The average molecular weight is 289 g/mol. The molecule has 2 N–H and O–H groups in total. The van der Waals surface area contributed by atoms with Gasteiger partial charge in [-0.15, -0.1) is 0 Å². The molecule has 21 heavy (non-hydrogen) atoms. The smallest absolute Gasteiger partial charge is 0.127 e. The van der Waals surface area contributed by atoms with Gasteiger partial charge in [0.05, 0.1) is 5.69 Å². The molecule has 1 aromatic rings. The molecule has 2 fully saturated rings. The third-order valence-corrected chi connectivity index (χ3v) is 5.32. The van der Waals surface area contributed by atoms with Gasteiger partial charge in [-0.2, -0.15) is 0 Å². The summed E-state index contributed by atoms with van der Waals surface area (Å²) in [5.74, 6) is 4.19. The minimum atomic E-state index is 0.618. The SMILES string of the molecule is CC(C)Cn1c(C2CCCC2)nc(C2CCCCC2)c1N. The highest BCUT2D eigenvalue weighted by molar-refractivity contribution is 5.42. The van der Waals surface area contributed by atoms with Crippen molar-refractivity contribution in [3.05, 3.63) is 11.5 Å². The molecule has 0 saturated heterocycles. The predicted molar refractivity (Wildman–Crippen MR) is 88.5 cm³/mol. The maximum Gasteiger partial charge on any atom is 0.127 e. The molecule has 0 radical (unpaired) electrons. The lowest BCUT2D eigenvalue weighted by Gasteiger charge is -2.20. The van der Waals surface area contributed by atoms with E-state index in [1.165, 1.54) is 69.3 Å². The Morgan fingerprint density at radius 2 is 1.57 bits per heavy atom. The number of imidazole rings is 1. The Hall–Kier alpha value is -0.990. The number of hydrogen-bond acceptors (Lipinski definition) is 2. The molecular formula is C18H31N3. The molecule has 0 bridgehead atoms. The fourth-order valence-electron chi connectivity index (χ4n) is 4.23. The Balaban J connectivity index is 1.92. The summed E-state index contributed by atoms with van der Waals surface area (Å²) in [7, 11) is 0. The van der Waals surface area contributed by atoms with E-state index in [-0.39, 0.29) is 0 Å². The molecule has 3 nitrogen and oxygen atoms in total. The number of rotatable bonds is 4. The van der Waals surface area contributed by atoms with Gasteiger partial charge in [0.1, 0.15) is 11.6 Å². The van der Waals surface area contributed by atoms with Crippen molar-refractivity contribution in [3.8, 4) is 0 Å². The molecule has 2 saturated carbocycles. The van der Waals surface area contributed by atoms with Crippen molar-refractivity contribution < 1.29 is 0 Å². The van der Waals surface area contributed by atoms with Crippen molar-refractivity contribution >= 4 is 5.82 Å². The van der Waals surface area contributed by atoms with Crippen LogP contribution in [0.25, 0.3) is 0 Å². The number of anilines is 1. The first-order chi connectivity index (χ1) is 10.2. The summed E-state index contributed by atoms with van der Waals surface area (Å²) in [4.78, 5) is 5.11. The lowest BCUT2D eigenvalue weighted by atomic mass is 9.87. The fraction of sp³-hybridized carbons (Fsp3) is 0.833. The minimum absolute atomic E-state index is 0.618. The van der Waals surface area contributed by atoms with Gasteiger partial charge in [-0.1, -0.05) is 46.0 Å². The summed E-state index contributed by atoms with van der Waals surface area (Å²) in [6.07, 6.45) is 12.0. The quantitative estimate of drug-likeness (QED) is 0.863. The van der Waals surface area contributed by atoms with E-state index in [4.69, 9.17) is 10.7 Å². The summed E-state index contributed by atoms with van der Waals surface area (Å²) in [6, 6.07) is 0. The van der Waals surface area contributed by atoms with Gasteiger partial charge in [-0.05, 0) is 31.6 Å². The van der Waals surface area contributed by atoms with Crippen LogP contribution in [-0.4, -0.2) is 9.55 Å². The Labute approximate surface area is 129 Å². The summed E-state index contributed by atoms with van der Waals surface area (Å²) in [5.41, 5.74) is 7.78. The molecule has 0 spiro atoms. The standard InChI is InChI=1S/C18H31N3/c1-13(2)12-21-17(19)16(14-8-4-3-5-9-14)20-18(21)15-10-6-7-11-15/h13-15H,3-12,19H2,1-2H3. The first-order valence-corrected chi connectivity index (χ1v) is 9.02. The highest BCUT2D eigenvalue weighted by Crippen LogP contribution is 2.40. The summed E-state index contributed by atoms with van der Waals surface area (Å²) in [6.45, 7) is 5.58. The molecule has 0 unspecified atom stereocenters. The van der Waals surface area contributed by atoms with E-state index in [9.17, 15) is 0 Å². The monoisotopic (exact) mass is 289 g/mol. The van der Waals surface area contributed by atoms with Gasteiger partial charge in [0.25, 0.3) is 0 Å². The lowest BCUT2D eigenvalue weighted by molar-refractivity contribution is 0.437. The first-order valence-electron chi connectivity index (χ1n) is 9.02. The topological polar surface area (TPSA) is 43.8 Å². The molecule has 3 heteroatoms. The predicted octanol–water partition coefficient (Wildman–Crippen LogP) is 4.83. The zero-order valence-corrected chi connectivity index (χ0v) is 13.8. The first kappa shape index (κ1) is 14.9. The van der Waals surface area contributed by atoms with Crippen LogP contribution in [0.1, 0.15) is 95.0 Å². The Morgan fingerprint density at radius 3 is 2.19 bits per heavy atom. The molecule has 1 aromatic heterocycles. The molecule has 2 aliphatic carbocycles. The maximum absolute atomic E-state index is 6.55. The van der Waals surface area contributed by atoms with Crippen molar-refractivity contribution in [2.45, 2.75) is 90.0 Å². The molecule has 1 heterocycles. The van der Waals surface area contributed by atoms with E-state index in [0.29, 0.717) is 17.8 Å². The molecule has 0 atom stereocenters. The van der Waals surface area contributed by atoms with E-state index in [1.807, 2.05) is 0 Å².